The Labute approximate surface area is 156 Å². The molecule has 28 heavy (non-hydrogen) atoms. The molecule has 1 aromatic heterocycles. The number of aromatic amines is 1. The van der Waals surface area contributed by atoms with Crippen LogP contribution in [-0.4, -0.2) is 39.3 Å². The molecule has 0 spiro atoms. The van der Waals surface area contributed by atoms with Crippen LogP contribution in [0.5, 0.6) is 0 Å². The minimum atomic E-state index is -4.89. The third-order valence-electron chi connectivity index (χ3n) is 4.72. The largest absolute Gasteiger partial charge is 0.416 e. The van der Waals surface area contributed by atoms with Gasteiger partial charge in [0, 0.05) is 25.2 Å². The minimum Gasteiger partial charge on any atom is -0.330 e. The molecule has 1 aliphatic rings. The van der Waals surface area contributed by atoms with Crippen LogP contribution in [-0.2, 0) is 18.9 Å². The summed E-state index contributed by atoms with van der Waals surface area (Å²) in [4.78, 5) is 1.57. The van der Waals surface area contributed by atoms with Gasteiger partial charge in [0.1, 0.15) is 0 Å². The normalized spacial score (nSPS) is 20.5. The van der Waals surface area contributed by atoms with Gasteiger partial charge in [-0.1, -0.05) is 12.0 Å². The fourth-order valence-electron chi connectivity index (χ4n) is 3.29. The molecule has 6 nitrogen and oxygen atoms in total. The van der Waals surface area contributed by atoms with Crippen molar-refractivity contribution in [1.82, 2.24) is 25.9 Å². The molecule has 0 bridgehead atoms. The summed E-state index contributed by atoms with van der Waals surface area (Å²) in [5.41, 5.74) is -2.82. The lowest BCUT2D eigenvalue weighted by Crippen LogP contribution is -2.37. The third kappa shape index (κ3) is 4.54. The van der Waals surface area contributed by atoms with Gasteiger partial charge in [-0.05, 0) is 41.8 Å². The van der Waals surface area contributed by atoms with Gasteiger partial charge >= 0.3 is 12.4 Å². The van der Waals surface area contributed by atoms with E-state index in [-0.39, 0.29) is 36.2 Å². The predicted octanol–water partition coefficient (Wildman–Crippen LogP) is 3.38. The molecule has 2 heterocycles. The zero-order valence-electron chi connectivity index (χ0n) is 14.8. The second kappa shape index (κ2) is 7.57. The number of halogens is 6. The smallest absolute Gasteiger partial charge is 0.330 e. The lowest BCUT2D eigenvalue weighted by Gasteiger charge is -2.27. The Morgan fingerprint density at radius 1 is 1.07 bits per heavy atom. The van der Waals surface area contributed by atoms with E-state index in [1.807, 2.05) is 6.92 Å². The van der Waals surface area contributed by atoms with Crippen LogP contribution in [0.1, 0.15) is 36.5 Å². The van der Waals surface area contributed by atoms with Gasteiger partial charge in [-0.3, -0.25) is 0 Å². The number of hydrogen-bond donors (Lipinski definition) is 2. The van der Waals surface area contributed by atoms with E-state index in [1.165, 1.54) is 0 Å². The molecule has 1 fully saturated rings. The zero-order chi connectivity index (χ0) is 20.5. The molecule has 0 radical (unpaired) electrons. The van der Waals surface area contributed by atoms with Gasteiger partial charge in [0.25, 0.3) is 5.95 Å². The summed E-state index contributed by atoms with van der Waals surface area (Å²) in [6, 6.07) is 1.58. The fraction of sp³-hybridized carbons (Fsp3) is 0.562. The first-order valence-electron chi connectivity index (χ1n) is 8.59. The molecule has 1 saturated heterocycles. The third-order valence-corrected chi connectivity index (χ3v) is 4.72. The van der Waals surface area contributed by atoms with E-state index in [9.17, 15) is 26.3 Å². The van der Waals surface area contributed by atoms with E-state index in [2.05, 4.69) is 25.9 Å². The van der Waals surface area contributed by atoms with Gasteiger partial charge in [0.15, 0.2) is 0 Å². The first-order valence-corrected chi connectivity index (χ1v) is 8.59. The second-order valence-electron chi connectivity index (χ2n) is 6.66. The average Bonchev–Trinajstić information content (AvgIpc) is 3.29. The van der Waals surface area contributed by atoms with Crippen LogP contribution in [0.15, 0.2) is 18.2 Å². The van der Waals surface area contributed by atoms with Gasteiger partial charge < -0.3 is 10.2 Å². The Bertz CT molecular complexity index is 756. The molecule has 0 aliphatic carbocycles. The number of aromatic nitrogens is 4. The maximum atomic E-state index is 13.1. The maximum absolute atomic E-state index is 13.1. The number of alkyl halides is 6. The van der Waals surface area contributed by atoms with Crippen LogP contribution in [0.4, 0.5) is 32.3 Å². The molecule has 0 unspecified atom stereocenters. The van der Waals surface area contributed by atoms with E-state index in [1.54, 1.807) is 4.90 Å². The van der Waals surface area contributed by atoms with Crippen molar-refractivity contribution in [3.8, 4) is 0 Å². The number of tetrazole rings is 1. The van der Waals surface area contributed by atoms with E-state index in [0.29, 0.717) is 13.0 Å². The Hall–Kier alpha value is -2.37. The van der Waals surface area contributed by atoms with Crippen LogP contribution in [0.3, 0.4) is 0 Å². The van der Waals surface area contributed by atoms with Gasteiger partial charge in [0.2, 0.25) is 0 Å². The van der Waals surface area contributed by atoms with Gasteiger partial charge in [-0.25, -0.2) is 0 Å². The maximum Gasteiger partial charge on any atom is 0.416 e. The molecule has 12 heteroatoms. The van der Waals surface area contributed by atoms with Crippen LogP contribution in [0.2, 0.25) is 0 Å². The van der Waals surface area contributed by atoms with Crippen LogP contribution in [0.25, 0.3) is 0 Å². The molecule has 1 aromatic carbocycles. The lowest BCUT2D eigenvalue weighted by molar-refractivity contribution is -0.143. The van der Waals surface area contributed by atoms with Crippen molar-refractivity contribution in [2.24, 2.45) is 0 Å². The SMILES string of the molecule is CC[C@@H]1C[C@H](N(Cc2cc(C(F)(F)F)cc(C(F)(F)F)c2)c2nn[nH]n2)CN1. The highest BCUT2D eigenvalue weighted by Gasteiger charge is 2.37. The molecular formula is C16H18F6N6. The van der Waals surface area contributed by atoms with Crippen LogP contribution >= 0.6 is 0 Å². The van der Waals surface area contributed by atoms with Crippen molar-refractivity contribution in [3.05, 3.63) is 34.9 Å². The Morgan fingerprint density at radius 2 is 1.71 bits per heavy atom. The monoisotopic (exact) mass is 408 g/mol. The first-order chi connectivity index (χ1) is 13.1. The summed E-state index contributed by atoms with van der Waals surface area (Å²) in [5, 5.41) is 16.7. The molecule has 154 valence electrons. The quantitative estimate of drug-likeness (QED) is 0.743. The van der Waals surface area contributed by atoms with Crippen molar-refractivity contribution in [2.45, 2.75) is 50.7 Å². The van der Waals surface area contributed by atoms with E-state index >= 15 is 0 Å². The molecule has 1 aliphatic heterocycles. The topological polar surface area (TPSA) is 69.7 Å². The molecule has 2 N–H and O–H groups in total. The molecule has 0 saturated carbocycles. The number of H-pyrrole nitrogens is 1. The Kier molecular flexibility index (Phi) is 5.50. The highest BCUT2D eigenvalue weighted by molar-refractivity contribution is 5.38. The van der Waals surface area contributed by atoms with Crippen molar-refractivity contribution >= 4 is 5.95 Å². The number of rotatable bonds is 5. The van der Waals surface area contributed by atoms with E-state index in [0.717, 1.165) is 18.6 Å². The molecule has 2 aromatic rings. The summed E-state index contributed by atoms with van der Waals surface area (Å²) in [5.74, 6) is 0.120. The first kappa shape index (κ1) is 20.4. The van der Waals surface area contributed by atoms with Crippen LogP contribution < -0.4 is 10.2 Å². The molecule has 3 rings (SSSR count). The summed E-state index contributed by atoms with van der Waals surface area (Å²) in [6.07, 6.45) is -8.28. The number of anilines is 1. The molecule has 0 amide bonds. The highest BCUT2D eigenvalue weighted by Crippen LogP contribution is 2.37. The average molecular weight is 408 g/mol. The number of nitrogens with zero attached hydrogens (tertiary/aromatic N) is 4. The number of hydrogen-bond acceptors (Lipinski definition) is 5. The summed E-state index contributed by atoms with van der Waals surface area (Å²) < 4.78 is 78.7. The van der Waals surface area contributed by atoms with Gasteiger partial charge in [0.05, 0.1) is 11.1 Å². The standard InChI is InChI=1S/C16H18F6N6/c1-2-12-6-13(7-23-12)28(14-24-26-27-25-14)8-9-3-10(15(17,18)19)5-11(4-9)16(20,21)22/h3-5,12-13,23H,2,6-8H2,1H3,(H,24,25,26,27)/t12-,13+/m1/s1. The predicted molar refractivity (Wildman–Crippen MR) is 87.3 cm³/mol. The van der Waals surface area contributed by atoms with Crippen molar-refractivity contribution in [3.63, 3.8) is 0 Å². The van der Waals surface area contributed by atoms with Crippen molar-refractivity contribution < 1.29 is 26.3 Å². The lowest BCUT2D eigenvalue weighted by atomic mass is 10.0. The molecular weight excluding hydrogens is 390 g/mol. The van der Waals surface area contributed by atoms with Gasteiger partial charge in [-0.15, -0.1) is 5.10 Å². The van der Waals surface area contributed by atoms with Gasteiger partial charge in [-0.2, -0.15) is 31.6 Å². The minimum absolute atomic E-state index is 0.117. The summed E-state index contributed by atoms with van der Waals surface area (Å²) in [7, 11) is 0. The zero-order valence-corrected chi connectivity index (χ0v) is 14.8. The second-order valence-corrected chi connectivity index (χ2v) is 6.66. The van der Waals surface area contributed by atoms with E-state index < -0.39 is 23.5 Å². The number of benzene rings is 1. The van der Waals surface area contributed by atoms with E-state index in [4.69, 9.17) is 0 Å². The summed E-state index contributed by atoms with van der Waals surface area (Å²) >= 11 is 0. The van der Waals surface area contributed by atoms with Crippen molar-refractivity contribution in [1.29, 1.82) is 0 Å². The van der Waals surface area contributed by atoms with Crippen LogP contribution in [0, 0.1) is 0 Å². The number of nitrogens with one attached hydrogen (secondary N) is 2. The Balaban J connectivity index is 1.96. The fourth-order valence-corrected chi connectivity index (χ4v) is 3.29. The summed E-state index contributed by atoms with van der Waals surface area (Å²) in [6.45, 7) is 2.29. The highest BCUT2D eigenvalue weighted by atomic mass is 19.4. The molecule has 2 atom stereocenters. The Morgan fingerprint density at radius 3 is 2.18 bits per heavy atom. The van der Waals surface area contributed by atoms with Crippen molar-refractivity contribution in [2.75, 3.05) is 11.4 Å².